The lowest BCUT2D eigenvalue weighted by atomic mass is 9.85. The Morgan fingerprint density at radius 3 is 2.27 bits per heavy atom. The number of anilines is 1. The van der Waals surface area contributed by atoms with E-state index in [1.165, 1.54) is 32.4 Å². The van der Waals surface area contributed by atoms with Gasteiger partial charge in [0.05, 0.1) is 25.3 Å². The molecule has 0 aromatic heterocycles. The van der Waals surface area contributed by atoms with Crippen molar-refractivity contribution in [1.29, 1.82) is 0 Å². The molecule has 0 saturated carbocycles. The number of piperidine rings is 1. The van der Waals surface area contributed by atoms with Crippen LogP contribution in [-0.2, 0) is 14.3 Å². The quantitative estimate of drug-likeness (QED) is 0.754. The summed E-state index contributed by atoms with van der Waals surface area (Å²) in [4.78, 5) is 36.0. The maximum absolute atomic E-state index is 12.4. The highest BCUT2D eigenvalue weighted by atomic mass is 16.5. The summed E-state index contributed by atoms with van der Waals surface area (Å²) in [5, 5.41) is 6.13. The average molecular weight is 362 g/mol. The van der Waals surface area contributed by atoms with Gasteiger partial charge < -0.3 is 20.1 Å². The SMILES string of the molecule is COC(=O)c1cc(NC(=O)CC(C)C2CCCNC2)cc(C(=O)OC)c1. The van der Waals surface area contributed by atoms with E-state index < -0.39 is 11.9 Å². The largest absolute Gasteiger partial charge is 0.465 e. The summed E-state index contributed by atoms with van der Waals surface area (Å²) >= 11 is 0. The van der Waals surface area contributed by atoms with Gasteiger partial charge in [0, 0.05) is 12.1 Å². The first-order valence-electron chi connectivity index (χ1n) is 8.77. The normalized spacial score (nSPS) is 17.9. The third-order valence-corrected chi connectivity index (χ3v) is 4.71. The first-order chi connectivity index (χ1) is 12.4. The van der Waals surface area contributed by atoms with Crippen LogP contribution in [0.3, 0.4) is 0 Å². The van der Waals surface area contributed by atoms with Crippen LogP contribution in [0.1, 0.15) is 46.9 Å². The number of nitrogens with one attached hydrogen (secondary N) is 2. The molecule has 1 aromatic carbocycles. The van der Waals surface area contributed by atoms with E-state index in [-0.39, 0.29) is 23.0 Å². The Bertz CT molecular complexity index is 634. The minimum Gasteiger partial charge on any atom is -0.465 e. The van der Waals surface area contributed by atoms with Crippen molar-refractivity contribution < 1.29 is 23.9 Å². The number of amides is 1. The van der Waals surface area contributed by atoms with Crippen molar-refractivity contribution in [2.45, 2.75) is 26.2 Å². The van der Waals surface area contributed by atoms with Crippen LogP contribution in [0.5, 0.6) is 0 Å². The van der Waals surface area contributed by atoms with E-state index in [4.69, 9.17) is 9.47 Å². The van der Waals surface area contributed by atoms with Gasteiger partial charge in [-0.15, -0.1) is 0 Å². The number of carbonyl (C=O) groups excluding carboxylic acids is 3. The molecule has 0 radical (unpaired) electrons. The standard InChI is InChI=1S/C19H26N2O5/c1-12(13-5-4-6-20-11-13)7-17(22)21-16-9-14(18(23)25-2)8-15(10-16)19(24)26-3/h8-10,12-13,20H,4-7,11H2,1-3H3,(H,21,22). The number of ether oxygens (including phenoxy) is 2. The molecule has 0 aliphatic carbocycles. The van der Waals surface area contributed by atoms with Crippen molar-refractivity contribution in [3.05, 3.63) is 29.3 Å². The predicted octanol–water partition coefficient (Wildman–Crippen LogP) is 2.22. The highest BCUT2D eigenvalue weighted by Gasteiger charge is 2.22. The third kappa shape index (κ3) is 5.29. The van der Waals surface area contributed by atoms with E-state index in [0.717, 1.165) is 25.9 Å². The molecule has 2 N–H and O–H groups in total. The summed E-state index contributed by atoms with van der Waals surface area (Å²) < 4.78 is 9.40. The van der Waals surface area contributed by atoms with E-state index in [9.17, 15) is 14.4 Å². The maximum Gasteiger partial charge on any atom is 0.337 e. The van der Waals surface area contributed by atoms with Gasteiger partial charge in [0.15, 0.2) is 0 Å². The van der Waals surface area contributed by atoms with Gasteiger partial charge >= 0.3 is 11.9 Å². The van der Waals surface area contributed by atoms with Crippen LogP contribution in [0.2, 0.25) is 0 Å². The Hall–Kier alpha value is -2.41. The number of methoxy groups -OCH3 is 2. The van der Waals surface area contributed by atoms with Crippen LogP contribution in [0.4, 0.5) is 5.69 Å². The van der Waals surface area contributed by atoms with E-state index in [1.807, 2.05) is 0 Å². The van der Waals surface area contributed by atoms with Crippen molar-refractivity contribution in [3.63, 3.8) is 0 Å². The fourth-order valence-corrected chi connectivity index (χ4v) is 3.21. The number of hydrogen-bond donors (Lipinski definition) is 2. The summed E-state index contributed by atoms with van der Waals surface area (Å²) in [5.74, 6) is -0.616. The molecule has 1 amide bonds. The predicted molar refractivity (Wildman–Crippen MR) is 97.1 cm³/mol. The first kappa shape index (κ1) is 19.9. The molecule has 1 aliphatic rings. The second-order valence-electron chi connectivity index (χ2n) is 6.62. The van der Waals surface area contributed by atoms with E-state index in [2.05, 4.69) is 17.6 Å². The zero-order valence-corrected chi connectivity index (χ0v) is 15.5. The van der Waals surface area contributed by atoms with Crippen LogP contribution >= 0.6 is 0 Å². The minimum absolute atomic E-state index is 0.152. The molecule has 2 atom stereocenters. The Balaban J connectivity index is 2.09. The van der Waals surface area contributed by atoms with Crippen LogP contribution < -0.4 is 10.6 Å². The summed E-state index contributed by atoms with van der Waals surface area (Å²) in [5.41, 5.74) is 0.720. The van der Waals surface area contributed by atoms with Gasteiger partial charge in [-0.3, -0.25) is 4.79 Å². The number of carbonyl (C=O) groups is 3. The van der Waals surface area contributed by atoms with Crippen LogP contribution in [0.15, 0.2) is 18.2 Å². The summed E-state index contributed by atoms with van der Waals surface area (Å²) in [7, 11) is 2.51. The fourth-order valence-electron chi connectivity index (χ4n) is 3.21. The molecule has 7 nitrogen and oxygen atoms in total. The number of benzene rings is 1. The molecule has 2 unspecified atom stereocenters. The third-order valence-electron chi connectivity index (χ3n) is 4.71. The highest BCUT2D eigenvalue weighted by Crippen LogP contribution is 2.23. The molecule has 26 heavy (non-hydrogen) atoms. The van der Waals surface area contributed by atoms with Gasteiger partial charge in [-0.25, -0.2) is 9.59 Å². The van der Waals surface area contributed by atoms with Gasteiger partial charge in [0.2, 0.25) is 5.91 Å². The molecule has 1 saturated heterocycles. The van der Waals surface area contributed by atoms with Gasteiger partial charge in [0.25, 0.3) is 0 Å². The van der Waals surface area contributed by atoms with Crippen LogP contribution in [-0.4, -0.2) is 45.2 Å². The zero-order valence-electron chi connectivity index (χ0n) is 15.5. The minimum atomic E-state index is -0.590. The average Bonchev–Trinajstić information content (AvgIpc) is 2.66. The maximum atomic E-state index is 12.4. The molecular weight excluding hydrogens is 336 g/mol. The van der Waals surface area contributed by atoms with Crippen molar-refractivity contribution in [3.8, 4) is 0 Å². The molecule has 1 aromatic rings. The number of hydrogen-bond acceptors (Lipinski definition) is 6. The van der Waals surface area contributed by atoms with Crippen molar-refractivity contribution in [2.75, 3.05) is 32.6 Å². The lowest BCUT2D eigenvalue weighted by Crippen LogP contribution is -2.34. The molecule has 1 aliphatic heterocycles. The number of rotatable bonds is 6. The smallest absolute Gasteiger partial charge is 0.337 e. The lowest BCUT2D eigenvalue weighted by Gasteiger charge is -2.28. The summed E-state index contributed by atoms with van der Waals surface area (Å²) in [6.07, 6.45) is 2.62. The number of esters is 2. The molecule has 142 valence electrons. The van der Waals surface area contributed by atoms with Crippen LogP contribution in [0, 0.1) is 11.8 Å². The fraction of sp³-hybridized carbons (Fsp3) is 0.526. The topological polar surface area (TPSA) is 93.7 Å². The second-order valence-corrected chi connectivity index (χ2v) is 6.62. The molecule has 7 heteroatoms. The molecule has 0 bridgehead atoms. The summed E-state index contributed by atoms with van der Waals surface area (Å²) in [6.45, 7) is 4.03. The van der Waals surface area contributed by atoms with Gasteiger partial charge in [-0.1, -0.05) is 6.92 Å². The Kier molecular flexibility index (Phi) is 7.15. The van der Waals surface area contributed by atoms with E-state index >= 15 is 0 Å². The lowest BCUT2D eigenvalue weighted by molar-refractivity contribution is -0.117. The van der Waals surface area contributed by atoms with Crippen molar-refractivity contribution in [1.82, 2.24) is 5.32 Å². The van der Waals surface area contributed by atoms with Gasteiger partial charge in [-0.2, -0.15) is 0 Å². The molecule has 0 spiro atoms. The van der Waals surface area contributed by atoms with E-state index in [1.54, 1.807) is 0 Å². The molecule has 1 fully saturated rings. The monoisotopic (exact) mass is 362 g/mol. The highest BCUT2D eigenvalue weighted by molar-refractivity contribution is 5.99. The molecular formula is C19H26N2O5. The zero-order chi connectivity index (χ0) is 19.1. The first-order valence-corrected chi connectivity index (χ1v) is 8.77. The second kappa shape index (κ2) is 9.33. The molecule has 1 heterocycles. The van der Waals surface area contributed by atoms with Crippen molar-refractivity contribution in [2.24, 2.45) is 11.8 Å². The Morgan fingerprint density at radius 2 is 1.77 bits per heavy atom. The van der Waals surface area contributed by atoms with Crippen molar-refractivity contribution >= 4 is 23.5 Å². The molecule has 2 rings (SSSR count). The van der Waals surface area contributed by atoms with Gasteiger partial charge in [-0.05, 0) is 56.0 Å². The van der Waals surface area contributed by atoms with Crippen LogP contribution in [0.25, 0.3) is 0 Å². The Morgan fingerprint density at radius 1 is 1.15 bits per heavy atom. The van der Waals surface area contributed by atoms with E-state index in [0.29, 0.717) is 18.0 Å². The van der Waals surface area contributed by atoms with Gasteiger partial charge in [0.1, 0.15) is 0 Å². The summed E-state index contributed by atoms with van der Waals surface area (Å²) in [6, 6.07) is 4.36. The Labute approximate surface area is 153 Å².